The summed E-state index contributed by atoms with van der Waals surface area (Å²) in [5.74, 6) is 0. The number of hydrogen-bond donors (Lipinski definition) is 1. The predicted octanol–water partition coefficient (Wildman–Crippen LogP) is 2.24. The minimum Gasteiger partial charge on any atom is -0.389 e. The first-order chi connectivity index (χ1) is 9.17. The van der Waals surface area contributed by atoms with Crippen LogP contribution >= 0.6 is 12.2 Å². The fraction of sp³-hybridized carbons (Fsp3) is 0.533. The van der Waals surface area contributed by atoms with Crippen LogP contribution in [-0.2, 0) is 0 Å². The van der Waals surface area contributed by atoms with E-state index in [1.54, 1.807) is 0 Å². The Balaban J connectivity index is 2.15. The molecule has 2 N–H and O–H groups in total. The second-order valence-corrected chi connectivity index (χ2v) is 5.43. The molecule has 1 unspecified atom stereocenters. The highest BCUT2D eigenvalue weighted by molar-refractivity contribution is 7.80. The first-order valence-corrected chi connectivity index (χ1v) is 7.46. The Morgan fingerprint density at radius 1 is 1.37 bits per heavy atom. The Morgan fingerprint density at radius 3 is 2.68 bits per heavy atom. The third-order valence-corrected chi connectivity index (χ3v) is 4.22. The van der Waals surface area contributed by atoms with Crippen molar-refractivity contribution in [2.75, 3.05) is 31.1 Å². The van der Waals surface area contributed by atoms with Crippen LogP contribution in [0.25, 0.3) is 0 Å². The summed E-state index contributed by atoms with van der Waals surface area (Å²) in [4.78, 5) is 5.43. The van der Waals surface area contributed by atoms with Crippen molar-refractivity contribution in [2.24, 2.45) is 5.73 Å². The second kappa shape index (κ2) is 6.35. The normalized spacial score (nSPS) is 19.1. The van der Waals surface area contributed by atoms with E-state index in [0.29, 0.717) is 11.0 Å². The van der Waals surface area contributed by atoms with Crippen LogP contribution in [0.3, 0.4) is 0 Å². The fourth-order valence-electron chi connectivity index (χ4n) is 2.96. The number of likely N-dealkylation sites (N-methyl/N-ethyl adjacent to an activating group) is 1. The van der Waals surface area contributed by atoms with Gasteiger partial charge in [-0.3, -0.25) is 4.90 Å². The molecular weight excluding hydrogens is 254 g/mol. The van der Waals surface area contributed by atoms with Gasteiger partial charge in [0.05, 0.1) is 0 Å². The summed E-state index contributed by atoms with van der Waals surface area (Å²) >= 11 is 5.15. The van der Waals surface area contributed by atoms with Crippen molar-refractivity contribution in [3.63, 3.8) is 0 Å². The molecule has 1 aliphatic rings. The van der Waals surface area contributed by atoms with E-state index in [9.17, 15) is 0 Å². The number of thiocarbonyl (C=S) groups is 1. The van der Waals surface area contributed by atoms with Crippen LogP contribution in [0.4, 0.5) is 5.69 Å². The Labute approximate surface area is 121 Å². The van der Waals surface area contributed by atoms with Crippen molar-refractivity contribution in [3.8, 4) is 0 Å². The molecule has 0 aliphatic carbocycles. The van der Waals surface area contributed by atoms with Gasteiger partial charge in [0.25, 0.3) is 0 Å². The van der Waals surface area contributed by atoms with Gasteiger partial charge >= 0.3 is 0 Å². The molecule has 1 aromatic rings. The average molecular weight is 277 g/mol. The molecule has 0 bridgehead atoms. The smallest absolute Gasteiger partial charge is 0.106 e. The van der Waals surface area contributed by atoms with E-state index in [2.05, 4.69) is 35.8 Å². The van der Waals surface area contributed by atoms with E-state index < -0.39 is 0 Å². The van der Waals surface area contributed by atoms with Gasteiger partial charge in [-0.05, 0) is 31.6 Å². The van der Waals surface area contributed by atoms with Crippen LogP contribution in [0.2, 0.25) is 0 Å². The standard InChI is InChI=1S/C15H23N3S/c1-3-17(4-2)12-9-10-18(11-12)14-8-6-5-7-13(14)15(16)19/h5-8,12H,3-4,9-11H2,1-2H3,(H2,16,19). The summed E-state index contributed by atoms with van der Waals surface area (Å²) in [5, 5.41) is 0. The molecule has 1 fully saturated rings. The van der Waals surface area contributed by atoms with Crippen molar-refractivity contribution >= 4 is 22.9 Å². The van der Waals surface area contributed by atoms with E-state index >= 15 is 0 Å². The number of para-hydroxylation sites is 1. The molecule has 0 aromatic heterocycles. The Morgan fingerprint density at radius 2 is 2.05 bits per heavy atom. The molecule has 0 amide bonds. The maximum atomic E-state index is 5.82. The molecule has 1 heterocycles. The van der Waals surface area contributed by atoms with Crippen LogP contribution in [0.1, 0.15) is 25.8 Å². The average Bonchev–Trinajstić information content (AvgIpc) is 2.89. The van der Waals surface area contributed by atoms with Gasteiger partial charge in [-0.15, -0.1) is 0 Å². The maximum Gasteiger partial charge on any atom is 0.106 e. The van der Waals surface area contributed by atoms with Gasteiger partial charge in [-0.25, -0.2) is 0 Å². The number of rotatable bonds is 5. The first kappa shape index (κ1) is 14.3. The molecule has 104 valence electrons. The minimum atomic E-state index is 0.488. The van der Waals surface area contributed by atoms with Gasteiger partial charge in [-0.2, -0.15) is 0 Å². The monoisotopic (exact) mass is 277 g/mol. The summed E-state index contributed by atoms with van der Waals surface area (Å²) in [7, 11) is 0. The van der Waals surface area contributed by atoms with Gasteiger partial charge in [0, 0.05) is 30.4 Å². The van der Waals surface area contributed by atoms with Gasteiger partial charge < -0.3 is 10.6 Å². The van der Waals surface area contributed by atoms with Crippen molar-refractivity contribution in [2.45, 2.75) is 26.3 Å². The summed E-state index contributed by atoms with van der Waals surface area (Å²) in [6, 6.07) is 8.84. The van der Waals surface area contributed by atoms with Crippen LogP contribution in [-0.4, -0.2) is 42.1 Å². The molecule has 1 saturated heterocycles. The zero-order chi connectivity index (χ0) is 13.8. The Hall–Kier alpha value is -1.13. The number of anilines is 1. The highest BCUT2D eigenvalue weighted by Crippen LogP contribution is 2.26. The summed E-state index contributed by atoms with van der Waals surface area (Å²) < 4.78 is 0. The molecule has 3 nitrogen and oxygen atoms in total. The fourth-order valence-corrected chi connectivity index (χ4v) is 3.13. The van der Waals surface area contributed by atoms with Crippen molar-refractivity contribution in [1.82, 2.24) is 4.90 Å². The highest BCUT2D eigenvalue weighted by Gasteiger charge is 2.27. The highest BCUT2D eigenvalue weighted by atomic mass is 32.1. The summed E-state index contributed by atoms with van der Waals surface area (Å²) in [6.45, 7) is 8.85. The minimum absolute atomic E-state index is 0.488. The molecule has 1 aliphatic heterocycles. The third kappa shape index (κ3) is 3.07. The molecule has 1 aromatic carbocycles. The van der Waals surface area contributed by atoms with Crippen molar-refractivity contribution in [3.05, 3.63) is 29.8 Å². The van der Waals surface area contributed by atoms with E-state index in [4.69, 9.17) is 18.0 Å². The lowest BCUT2D eigenvalue weighted by atomic mass is 10.1. The molecule has 19 heavy (non-hydrogen) atoms. The van der Waals surface area contributed by atoms with Gasteiger partial charge in [-0.1, -0.05) is 38.2 Å². The van der Waals surface area contributed by atoms with E-state index in [1.165, 1.54) is 12.1 Å². The topological polar surface area (TPSA) is 32.5 Å². The zero-order valence-corrected chi connectivity index (χ0v) is 12.6. The van der Waals surface area contributed by atoms with Gasteiger partial charge in [0.15, 0.2) is 0 Å². The zero-order valence-electron chi connectivity index (χ0n) is 11.8. The van der Waals surface area contributed by atoms with E-state index in [-0.39, 0.29) is 0 Å². The molecule has 0 radical (unpaired) electrons. The predicted molar refractivity (Wildman–Crippen MR) is 85.9 cm³/mol. The van der Waals surface area contributed by atoms with Gasteiger partial charge in [0.2, 0.25) is 0 Å². The van der Waals surface area contributed by atoms with Crippen LogP contribution in [0.15, 0.2) is 24.3 Å². The summed E-state index contributed by atoms with van der Waals surface area (Å²) in [6.07, 6.45) is 1.22. The number of nitrogens with two attached hydrogens (primary N) is 1. The van der Waals surface area contributed by atoms with Gasteiger partial charge in [0.1, 0.15) is 4.99 Å². The second-order valence-electron chi connectivity index (χ2n) is 4.99. The van der Waals surface area contributed by atoms with Crippen LogP contribution in [0.5, 0.6) is 0 Å². The Bertz CT molecular complexity index is 443. The lowest BCUT2D eigenvalue weighted by Crippen LogP contribution is -2.37. The number of hydrogen-bond acceptors (Lipinski definition) is 3. The van der Waals surface area contributed by atoms with Crippen molar-refractivity contribution < 1.29 is 0 Å². The summed E-state index contributed by atoms with van der Waals surface area (Å²) in [5.41, 5.74) is 8.01. The van der Waals surface area contributed by atoms with Crippen LogP contribution < -0.4 is 10.6 Å². The molecular formula is C15H23N3S. The van der Waals surface area contributed by atoms with E-state index in [1.807, 2.05) is 12.1 Å². The third-order valence-electron chi connectivity index (χ3n) is 4.00. The lowest BCUT2D eigenvalue weighted by molar-refractivity contribution is 0.232. The molecule has 0 spiro atoms. The quantitative estimate of drug-likeness (QED) is 0.837. The number of benzene rings is 1. The SMILES string of the molecule is CCN(CC)C1CCN(c2ccccc2C(N)=S)C1. The molecule has 1 atom stereocenters. The van der Waals surface area contributed by atoms with Crippen molar-refractivity contribution in [1.29, 1.82) is 0 Å². The van der Waals surface area contributed by atoms with E-state index in [0.717, 1.165) is 31.7 Å². The molecule has 0 saturated carbocycles. The first-order valence-electron chi connectivity index (χ1n) is 7.05. The molecule has 2 rings (SSSR count). The van der Waals surface area contributed by atoms with Crippen LogP contribution in [0, 0.1) is 0 Å². The molecule has 4 heteroatoms. The Kier molecular flexibility index (Phi) is 4.77. The number of nitrogens with zero attached hydrogens (tertiary/aromatic N) is 2. The largest absolute Gasteiger partial charge is 0.389 e. The maximum absolute atomic E-state index is 5.82. The lowest BCUT2D eigenvalue weighted by Gasteiger charge is -2.27.